The van der Waals surface area contributed by atoms with Crippen molar-refractivity contribution in [1.82, 2.24) is 10.2 Å². The van der Waals surface area contributed by atoms with Crippen LogP contribution in [0, 0.1) is 0 Å². The van der Waals surface area contributed by atoms with E-state index in [9.17, 15) is 19.5 Å². The van der Waals surface area contributed by atoms with Crippen molar-refractivity contribution in [2.75, 3.05) is 19.7 Å². The van der Waals surface area contributed by atoms with Gasteiger partial charge in [-0.3, -0.25) is 9.69 Å². The lowest BCUT2D eigenvalue weighted by Crippen LogP contribution is -2.59. The summed E-state index contributed by atoms with van der Waals surface area (Å²) in [6, 6.07) is 14.3. The maximum atomic E-state index is 12.5. The van der Waals surface area contributed by atoms with Gasteiger partial charge < -0.3 is 19.9 Å². The highest BCUT2D eigenvalue weighted by Crippen LogP contribution is 2.44. The van der Waals surface area contributed by atoms with E-state index in [1.807, 2.05) is 48.5 Å². The Kier molecular flexibility index (Phi) is 6.61. The normalized spacial score (nSPS) is 18.3. The number of carboxylic acids is 1. The molecule has 0 bridgehead atoms. The summed E-state index contributed by atoms with van der Waals surface area (Å²) in [6.07, 6.45) is -0.213. The number of aliphatic carboxylic acids is 1. The zero-order chi connectivity index (χ0) is 24.5. The zero-order valence-corrected chi connectivity index (χ0v) is 19.6. The minimum Gasteiger partial charge on any atom is -0.480 e. The van der Waals surface area contributed by atoms with Gasteiger partial charge in [-0.2, -0.15) is 0 Å². The van der Waals surface area contributed by atoms with Gasteiger partial charge >= 0.3 is 18.0 Å². The van der Waals surface area contributed by atoms with Crippen molar-refractivity contribution < 1.29 is 29.0 Å². The number of fused-ring (bicyclic) bond motifs is 3. The summed E-state index contributed by atoms with van der Waals surface area (Å²) in [6.45, 7) is 5.99. The minimum atomic E-state index is -1.21. The molecule has 2 aromatic rings. The standard InChI is InChI=1S/C26H30N2O6/c1-26(2,3)34-24(31)22-12-13-28(22)14-21(23(29)30)27-25(32)33-15-20-18-10-6-4-8-16(18)17-9-5-7-11-19(17)20/h4-11,20-22H,12-15H2,1-3H3,(H,27,32)(H,29,30)/t21-,22?/m0/s1. The quantitative estimate of drug-likeness (QED) is 0.603. The SMILES string of the molecule is CC(C)(C)OC(=O)C1CCN1C[C@H](NC(=O)OCC1c2ccccc2-c2ccccc21)C(=O)O. The van der Waals surface area contributed by atoms with E-state index in [4.69, 9.17) is 9.47 Å². The van der Waals surface area contributed by atoms with Gasteiger partial charge in [-0.15, -0.1) is 0 Å². The molecule has 1 saturated heterocycles. The number of amides is 1. The summed E-state index contributed by atoms with van der Waals surface area (Å²) in [5.41, 5.74) is 3.76. The highest BCUT2D eigenvalue weighted by Gasteiger charge is 2.40. The first-order valence-electron chi connectivity index (χ1n) is 11.5. The predicted octanol–water partition coefficient (Wildman–Crippen LogP) is 3.39. The molecule has 8 heteroatoms. The molecule has 1 aliphatic heterocycles. The molecule has 8 nitrogen and oxygen atoms in total. The van der Waals surface area contributed by atoms with E-state index in [2.05, 4.69) is 5.32 Å². The molecule has 2 aromatic carbocycles. The van der Waals surface area contributed by atoms with Gasteiger partial charge in [0.05, 0.1) is 0 Å². The number of hydrogen-bond donors (Lipinski definition) is 2. The highest BCUT2D eigenvalue weighted by molar-refractivity contribution is 5.82. The third-order valence-corrected chi connectivity index (χ3v) is 6.16. The number of alkyl carbamates (subject to hydrolysis) is 1. The molecule has 1 fully saturated rings. The van der Waals surface area contributed by atoms with Gasteiger partial charge in [0.15, 0.2) is 0 Å². The van der Waals surface area contributed by atoms with Gasteiger partial charge in [0.2, 0.25) is 0 Å². The van der Waals surface area contributed by atoms with Crippen molar-refractivity contribution in [1.29, 1.82) is 0 Å². The number of carboxylic acid groups (broad SMARTS) is 1. The predicted molar refractivity (Wildman–Crippen MR) is 125 cm³/mol. The molecule has 34 heavy (non-hydrogen) atoms. The smallest absolute Gasteiger partial charge is 0.407 e. The largest absolute Gasteiger partial charge is 0.480 e. The molecule has 1 unspecified atom stereocenters. The van der Waals surface area contributed by atoms with Crippen LogP contribution >= 0.6 is 0 Å². The van der Waals surface area contributed by atoms with E-state index in [0.29, 0.717) is 13.0 Å². The van der Waals surface area contributed by atoms with E-state index >= 15 is 0 Å². The van der Waals surface area contributed by atoms with Gasteiger partial charge in [0.1, 0.15) is 24.3 Å². The van der Waals surface area contributed by atoms with Gasteiger partial charge in [-0.05, 0) is 49.4 Å². The summed E-state index contributed by atoms with van der Waals surface area (Å²) in [4.78, 5) is 38.4. The Labute approximate surface area is 198 Å². The third kappa shape index (κ3) is 5.07. The topological polar surface area (TPSA) is 105 Å². The second-order valence-corrected chi connectivity index (χ2v) is 9.69. The van der Waals surface area contributed by atoms with E-state index in [0.717, 1.165) is 22.3 Å². The molecule has 4 rings (SSSR count). The fraction of sp³-hybridized carbons (Fsp3) is 0.423. The van der Waals surface area contributed by atoms with Crippen LogP contribution in [0.25, 0.3) is 11.1 Å². The maximum Gasteiger partial charge on any atom is 0.407 e. The summed E-state index contributed by atoms with van der Waals surface area (Å²) in [5.74, 6) is -1.69. The minimum absolute atomic E-state index is 0.0105. The summed E-state index contributed by atoms with van der Waals surface area (Å²) >= 11 is 0. The third-order valence-electron chi connectivity index (χ3n) is 6.16. The Hall–Kier alpha value is -3.39. The number of carbonyl (C=O) groups excluding carboxylic acids is 2. The molecule has 2 atom stereocenters. The Morgan fingerprint density at radius 1 is 1.06 bits per heavy atom. The second-order valence-electron chi connectivity index (χ2n) is 9.69. The summed E-state index contributed by atoms with van der Waals surface area (Å²) in [5, 5.41) is 12.1. The lowest BCUT2D eigenvalue weighted by molar-refractivity contribution is -0.167. The molecule has 0 aromatic heterocycles. The number of nitrogens with zero attached hydrogens (tertiary/aromatic N) is 1. The molecule has 1 heterocycles. The van der Waals surface area contributed by atoms with Crippen LogP contribution in [-0.4, -0.2) is 65.4 Å². The van der Waals surface area contributed by atoms with Crippen LogP contribution in [-0.2, 0) is 19.1 Å². The second kappa shape index (κ2) is 9.46. The lowest BCUT2D eigenvalue weighted by atomic mass is 9.98. The molecule has 0 spiro atoms. The Morgan fingerprint density at radius 2 is 1.65 bits per heavy atom. The van der Waals surface area contributed by atoms with Crippen molar-refractivity contribution in [3.8, 4) is 11.1 Å². The molecular weight excluding hydrogens is 436 g/mol. The van der Waals surface area contributed by atoms with Crippen molar-refractivity contribution in [3.05, 3.63) is 59.7 Å². The van der Waals surface area contributed by atoms with Crippen LogP contribution in [0.1, 0.15) is 44.2 Å². The number of esters is 1. The number of hydrogen-bond acceptors (Lipinski definition) is 6. The number of ether oxygens (including phenoxy) is 2. The first-order valence-corrected chi connectivity index (χ1v) is 11.5. The molecule has 180 valence electrons. The van der Waals surface area contributed by atoms with Crippen LogP contribution in [0.3, 0.4) is 0 Å². The van der Waals surface area contributed by atoms with Gasteiger partial charge in [-0.1, -0.05) is 48.5 Å². The Balaban J connectivity index is 1.35. The summed E-state index contributed by atoms with van der Waals surface area (Å²) < 4.78 is 10.9. The van der Waals surface area contributed by atoms with Crippen molar-refractivity contribution in [2.24, 2.45) is 0 Å². The Bertz CT molecular complexity index is 1050. The van der Waals surface area contributed by atoms with Crippen LogP contribution in [0.4, 0.5) is 4.79 Å². The van der Waals surface area contributed by atoms with Crippen LogP contribution < -0.4 is 5.32 Å². The number of carbonyl (C=O) groups is 3. The van der Waals surface area contributed by atoms with E-state index in [1.54, 1.807) is 25.7 Å². The number of likely N-dealkylation sites (tertiary alicyclic amines) is 1. The van der Waals surface area contributed by atoms with Crippen molar-refractivity contribution in [2.45, 2.75) is 50.8 Å². The zero-order valence-electron chi connectivity index (χ0n) is 19.6. The molecule has 1 amide bonds. The van der Waals surface area contributed by atoms with E-state index < -0.39 is 29.7 Å². The number of rotatable bonds is 7. The molecule has 2 aliphatic rings. The van der Waals surface area contributed by atoms with Crippen LogP contribution in [0.5, 0.6) is 0 Å². The molecule has 0 saturated carbocycles. The maximum absolute atomic E-state index is 12.5. The number of benzene rings is 2. The molecule has 1 aliphatic carbocycles. The molecule has 2 N–H and O–H groups in total. The fourth-order valence-electron chi connectivity index (χ4n) is 4.50. The monoisotopic (exact) mass is 466 g/mol. The van der Waals surface area contributed by atoms with Crippen molar-refractivity contribution in [3.63, 3.8) is 0 Å². The van der Waals surface area contributed by atoms with E-state index in [-0.39, 0.29) is 25.0 Å². The Morgan fingerprint density at radius 3 is 2.15 bits per heavy atom. The number of nitrogens with one attached hydrogen (secondary N) is 1. The van der Waals surface area contributed by atoms with Gasteiger partial charge in [-0.25, -0.2) is 9.59 Å². The average molecular weight is 467 g/mol. The van der Waals surface area contributed by atoms with Crippen LogP contribution in [0.15, 0.2) is 48.5 Å². The fourth-order valence-corrected chi connectivity index (χ4v) is 4.50. The first-order chi connectivity index (χ1) is 16.1. The summed E-state index contributed by atoms with van der Waals surface area (Å²) in [7, 11) is 0. The first kappa shape index (κ1) is 23.8. The van der Waals surface area contributed by atoms with Crippen LogP contribution in [0.2, 0.25) is 0 Å². The lowest BCUT2D eigenvalue weighted by Gasteiger charge is -2.41. The van der Waals surface area contributed by atoms with Gasteiger partial charge in [0, 0.05) is 19.0 Å². The molecule has 0 radical (unpaired) electrons. The van der Waals surface area contributed by atoms with E-state index in [1.165, 1.54) is 0 Å². The average Bonchev–Trinajstić information content (AvgIpc) is 3.06. The molecular formula is C26H30N2O6. The highest BCUT2D eigenvalue weighted by atomic mass is 16.6. The van der Waals surface area contributed by atoms with Gasteiger partial charge in [0.25, 0.3) is 0 Å². The van der Waals surface area contributed by atoms with Crippen molar-refractivity contribution >= 4 is 18.0 Å².